The van der Waals surface area contributed by atoms with Crippen molar-refractivity contribution in [3.63, 3.8) is 0 Å². The Balaban J connectivity index is 2.48. The fourth-order valence-corrected chi connectivity index (χ4v) is 1.80. The van der Waals surface area contributed by atoms with Crippen LogP contribution in [0.25, 0.3) is 0 Å². The van der Waals surface area contributed by atoms with Gasteiger partial charge in [0.05, 0.1) is 5.69 Å². The molecule has 4 nitrogen and oxygen atoms in total. The van der Waals surface area contributed by atoms with Crippen LogP contribution in [0.2, 0.25) is 0 Å². The lowest BCUT2D eigenvalue weighted by molar-refractivity contribution is 0.111. The lowest BCUT2D eigenvalue weighted by Crippen LogP contribution is -2.30. The van der Waals surface area contributed by atoms with Crippen LogP contribution in [0.1, 0.15) is 22.0 Å². The smallest absolute Gasteiger partial charge is 0.170 e. The highest BCUT2D eigenvalue weighted by atomic mass is 16.1. The second-order valence-electron chi connectivity index (χ2n) is 3.50. The van der Waals surface area contributed by atoms with Crippen molar-refractivity contribution in [2.24, 2.45) is 0 Å². The summed E-state index contributed by atoms with van der Waals surface area (Å²) in [5.74, 6) is 0.949. The summed E-state index contributed by atoms with van der Waals surface area (Å²) in [5, 5.41) is 0. The van der Waals surface area contributed by atoms with Crippen LogP contribution < -0.4 is 0 Å². The zero-order valence-electron chi connectivity index (χ0n) is 7.95. The van der Waals surface area contributed by atoms with Crippen LogP contribution in [0.3, 0.4) is 0 Å². The van der Waals surface area contributed by atoms with E-state index < -0.39 is 0 Å². The van der Waals surface area contributed by atoms with Crippen molar-refractivity contribution in [2.45, 2.75) is 20.0 Å². The van der Waals surface area contributed by atoms with Gasteiger partial charge in [-0.05, 0) is 14.0 Å². The summed E-state index contributed by atoms with van der Waals surface area (Å²) in [5.41, 5.74) is 1.66. The maximum Gasteiger partial charge on any atom is 0.170 e. The van der Waals surface area contributed by atoms with E-state index in [4.69, 9.17) is 0 Å². The second kappa shape index (κ2) is 2.96. The van der Waals surface area contributed by atoms with E-state index in [-0.39, 0.29) is 0 Å². The average molecular weight is 179 g/mol. The average Bonchev–Trinajstić information content (AvgIpc) is 2.42. The van der Waals surface area contributed by atoms with Crippen molar-refractivity contribution >= 4 is 6.29 Å². The van der Waals surface area contributed by atoms with Crippen LogP contribution in [-0.4, -0.2) is 34.3 Å². The van der Waals surface area contributed by atoms with E-state index in [0.29, 0.717) is 5.69 Å². The number of hydrogen-bond acceptors (Lipinski definition) is 3. The molecule has 0 amide bonds. The van der Waals surface area contributed by atoms with Gasteiger partial charge in [0, 0.05) is 19.6 Å². The van der Waals surface area contributed by atoms with Crippen molar-refractivity contribution in [2.75, 3.05) is 13.6 Å². The predicted octanol–water partition coefficient (Wildman–Crippen LogP) is 0.449. The monoisotopic (exact) mass is 179 g/mol. The maximum absolute atomic E-state index is 10.7. The third-order valence-corrected chi connectivity index (χ3v) is 2.53. The van der Waals surface area contributed by atoms with Crippen molar-refractivity contribution in [3.8, 4) is 0 Å². The molecule has 0 fully saturated rings. The summed E-state index contributed by atoms with van der Waals surface area (Å²) in [6.45, 7) is 4.75. The molecule has 0 saturated heterocycles. The molecular formula is C9H13N3O. The highest BCUT2D eigenvalue weighted by Gasteiger charge is 2.19. The van der Waals surface area contributed by atoms with E-state index in [1.54, 1.807) is 0 Å². The second-order valence-corrected chi connectivity index (χ2v) is 3.50. The Kier molecular flexibility index (Phi) is 1.92. The molecule has 0 radical (unpaired) electrons. The van der Waals surface area contributed by atoms with Gasteiger partial charge in [-0.15, -0.1) is 0 Å². The molecule has 0 spiro atoms. The highest BCUT2D eigenvalue weighted by molar-refractivity contribution is 5.73. The number of rotatable bonds is 1. The van der Waals surface area contributed by atoms with E-state index in [1.807, 2.05) is 6.92 Å². The topological polar surface area (TPSA) is 38.1 Å². The SMILES string of the molecule is Cc1nc(C=O)c2n1CCN(C)C2. The van der Waals surface area contributed by atoms with Gasteiger partial charge in [0.2, 0.25) is 0 Å². The van der Waals surface area contributed by atoms with E-state index in [1.165, 1.54) is 0 Å². The summed E-state index contributed by atoms with van der Waals surface area (Å²) in [7, 11) is 2.06. The van der Waals surface area contributed by atoms with Gasteiger partial charge in [0.15, 0.2) is 6.29 Å². The van der Waals surface area contributed by atoms with Crippen LogP contribution in [-0.2, 0) is 13.1 Å². The Morgan fingerprint density at radius 3 is 2.92 bits per heavy atom. The highest BCUT2D eigenvalue weighted by Crippen LogP contribution is 2.16. The zero-order valence-corrected chi connectivity index (χ0v) is 7.95. The fraction of sp³-hybridized carbons (Fsp3) is 0.556. The summed E-state index contributed by atoms with van der Waals surface area (Å²) in [6.07, 6.45) is 0.845. The summed E-state index contributed by atoms with van der Waals surface area (Å²) in [6, 6.07) is 0. The number of nitrogens with zero attached hydrogens (tertiary/aromatic N) is 3. The third-order valence-electron chi connectivity index (χ3n) is 2.53. The number of aromatic nitrogens is 2. The lowest BCUT2D eigenvalue weighted by atomic mass is 10.2. The van der Waals surface area contributed by atoms with Gasteiger partial charge in [-0.25, -0.2) is 4.98 Å². The van der Waals surface area contributed by atoms with Crippen molar-refractivity contribution in [1.29, 1.82) is 0 Å². The molecular weight excluding hydrogens is 166 g/mol. The first-order chi connectivity index (χ1) is 6.22. The fourth-order valence-electron chi connectivity index (χ4n) is 1.80. The van der Waals surface area contributed by atoms with Gasteiger partial charge in [-0.3, -0.25) is 9.69 Å². The van der Waals surface area contributed by atoms with Crippen LogP contribution in [0.5, 0.6) is 0 Å². The number of aldehydes is 1. The molecule has 1 aliphatic rings. The molecule has 1 aromatic heterocycles. The Morgan fingerprint density at radius 2 is 2.23 bits per heavy atom. The number of imidazole rings is 1. The molecule has 1 aromatic rings. The molecule has 4 heteroatoms. The van der Waals surface area contributed by atoms with E-state index in [0.717, 1.165) is 37.4 Å². The van der Waals surface area contributed by atoms with Gasteiger partial charge in [0.1, 0.15) is 11.5 Å². The summed E-state index contributed by atoms with van der Waals surface area (Å²) < 4.78 is 2.13. The van der Waals surface area contributed by atoms with E-state index in [2.05, 4.69) is 21.5 Å². The van der Waals surface area contributed by atoms with Gasteiger partial charge in [-0.2, -0.15) is 0 Å². The largest absolute Gasteiger partial charge is 0.329 e. The van der Waals surface area contributed by atoms with Gasteiger partial charge < -0.3 is 4.57 Å². The summed E-state index contributed by atoms with van der Waals surface area (Å²) >= 11 is 0. The Bertz CT molecular complexity index is 343. The molecule has 2 rings (SSSR count). The third kappa shape index (κ3) is 1.27. The maximum atomic E-state index is 10.7. The molecule has 70 valence electrons. The number of carbonyl (C=O) groups excluding carboxylic acids is 1. The predicted molar refractivity (Wildman–Crippen MR) is 48.7 cm³/mol. The number of likely N-dealkylation sites (N-methyl/N-ethyl adjacent to an activating group) is 1. The van der Waals surface area contributed by atoms with Crippen LogP contribution in [0.15, 0.2) is 0 Å². The molecule has 0 unspecified atom stereocenters. The first-order valence-electron chi connectivity index (χ1n) is 4.42. The van der Waals surface area contributed by atoms with E-state index >= 15 is 0 Å². The van der Waals surface area contributed by atoms with Gasteiger partial charge in [0.25, 0.3) is 0 Å². The van der Waals surface area contributed by atoms with Gasteiger partial charge in [-0.1, -0.05) is 0 Å². The molecule has 0 saturated carbocycles. The Labute approximate surface area is 77.2 Å². The zero-order chi connectivity index (χ0) is 9.42. The minimum absolute atomic E-state index is 0.601. The normalized spacial score (nSPS) is 17.1. The van der Waals surface area contributed by atoms with Crippen LogP contribution in [0, 0.1) is 6.92 Å². The van der Waals surface area contributed by atoms with E-state index in [9.17, 15) is 4.79 Å². The molecule has 13 heavy (non-hydrogen) atoms. The number of carbonyl (C=O) groups is 1. The minimum Gasteiger partial charge on any atom is -0.329 e. The minimum atomic E-state index is 0.601. The van der Waals surface area contributed by atoms with Gasteiger partial charge >= 0.3 is 0 Å². The van der Waals surface area contributed by atoms with Crippen molar-refractivity contribution < 1.29 is 4.79 Å². The molecule has 0 bridgehead atoms. The van der Waals surface area contributed by atoms with Crippen molar-refractivity contribution in [1.82, 2.24) is 14.5 Å². The molecule has 0 aromatic carbocycles. The first kappa shape index (κ1) is 8.44. The van der Waals surface area contributed by atoms with Crippen LogP contribution >= 0.6 is 0 Å². The quantitative estimate of drug-likeness (QED) is 0.587. The Hall–Kier alpha value is -1.16. The molecule has 0 aliphatic carbocycles. The standard InChI is InChI=1S/C9H13N3O/c1-7-10-8(6-13)9-5-11(2)3-4-12(7)9/h6H,3-5H2,1-2H3. The molecule has 2 heterocycles. The van der Waals surface area contributed by atoms with Crippen LogP contribution in [0.4, 0.5) is 0 Å². The first-order valence-corrected chi connectivity index (χ1v) is 4.42. The summed E-state index contributed by atoms with van der Waals surface area (Å²) in [4.78, 5) is 17.1. The number of fused-ring (bicyclic) bond motifs is 1. The lowest BCUT2D eigenvalue weighted by Gasteiger charge is -2.24. The number of aryl methyl sites for hydroxylation is 1. The Morgan fingerprint density at radius 1 is 1.46 bits per heavy atom. The molecule has 0 atom stereocenters. The number of hydrogen-bond donors (Lipinski definition) is 0. The van der Waals surface area contributed by atoms with Crippen molar-refractivity contribution in [3.05, 3.63) is 17.2 Å². The molecule has 1 aliphatic heterocycles. The molecule has 0 N–H and O–H groups in total.